The van der Waals surface area contributed by atoms with Crippen molar-refractivity contribution in [2.24, 2.45) is 0 Å². The molecule has 4 heteroatoms. The molecule has 1 aromatic carbocycles. The molecule has 1 heterocycles. The fourth-order valence-electron chi connectivity index (χ4n) is 2.52. The molecule has 1 fully saturated rings. The van der Waals surface area contributed by atoms with Crippen LogP contribution in [-0.4, -0.2) is 43.0 Å². The number of halogens is 1. The molecule has 0 amide bonds. The molecule has 0 aromatic heterocycles. The Morgan fingerprint density at radius 1 is 1.42 bits per heavy atom. The van der Waals surface area contributed by atoms with E-state index >= 15 is 0 Å². The molecule has 0 N–H and O–H groups in total. The molecule has 2 unspecified atom stereocenters. The van der Waals surface area contributed by atoms with Crippen molar-refractivity contribution in [2.75, 3.05) is 20.2 Å². The lowest BCUT2D eigenvalue weighted by molar-refractivity contribution is 0.0793. The van der Waals surface area contributed by atoms with Crippen molar-refractivity contribution in [3.05, 3.63) is 34.9 Å². The molecule has 2 atom stereocenters. The van der Waals surface area contributed by atoms with Crippen LogP contribution in [0.1, 0.15) is 30.1 Å². The first-order valence-corrected chi connectivity index (χ1v) is 7.06. The summed E-state index contributed by atoms with van der Waals surface area (Å²) in [5.41, 5.74) is 0.730. The Balaban J connectivity index is 1.84. The molecule has 3 nitrogen and oxygen atoms in total. The summed E-state index contributed by atoms with van der Waals surface area (Å²) in [4.78, 5) is 14.3. The molecule has 1 aromatic rings. The van der Waals surface area contributed by atoms with Gasteiger partial charge >= 0.3 is 0 Å². The topological polar surface area (TPSA) is 29.5 Å². The first kappa shape index (κ1) is 14.5. The van der Waals surface area contributed by atoms with Gasteiger partial charge in [-0.05, 0) is 44.7 Å². The molecule has 1 aliphatic heterocycles. The highest BCUT2D eigenvalue weighted by atomic mass is 35.5. The molecule has 104 valence electrons. The van der Waals surface area contributed by atoms with Gasteiger partial charge in [-0.25, -0.2) is 0 Å². The van der Waals surface area contributed by atoms with E-state index in [-0.39, 0.29) is 11.9 Å². The zero-order valence-electron chi connectivity index (χ0n) is 11.4. The summed E-state index contributed by atoms with van der Waals surface area (Å²) in [5.74, 6) is 0.162. The molecule has 0 saturated carbocycles. The molecule has 1 saturated heterocycles. The summed E-state index contributed by atoms with van der Waals surface area (Å²) in [5, 5.41) is 0.658. The minimum absolute atomic E-state index is 0.162. The van der Waals surface area contributed by atoms with Crippen LogP contribution in [-0.2, 0) is 4.74 Å². The number of ether oxygens (including phenoxy) is 1. The summed E-state index contributed by atoms with van der Waals surface area (Å²) in [6, 6.07) is 7.51. The first-order valence-electron chi connectivity index (χ1n) is 6.68. The second-order valence-electron chi connectivity index (χ2n) is 5.09. The number of carbonyl (C=O) groups is 1. The second-order valence-corrected chi connectivity index (χ2v) is 5.53. The van der Waals surface area contributed by atoms with Gasteiger partial charge < -0.3 is 9.64 Å². The van der Waals surface area contributed by atoms with Crippen LogP contribution in [0.15, 0.2) is 24.3 Å². The predicted molar refractivity (Wildman–Crippen MR) is 76.8 cm³/mol. The number of hydrogen-bond acceptors (Lipinski definition) is 3. The SMILES string of the molecule is CC1OCCC1N(C)CCC(=O)c1ccc(Cl)cc1. The Bertz CT molecular complexity index is 432. The van der Waals surface area contributed by atoms with Gasteiger partial charge in [-0.1, -0.05) is 11.6 Å². The third-order valence-electron chi connectivity index (χ3n) is 3.76. The lowest BCUT2D eigenvalue weighted by Gasteiger charge is -2.26. The van der Waals surface area contributed by atoms with Crippen LogP contribution in [0.25, 0.3) is 0 Å². The smallest absolute Gasteiger partial charge is 0.164 e. The normalized spacial score (nSPS) is 22.9. The monoisotopic (exact) mass is 281 g/mol. The molecule has 2 rings (SSSR count). The highest BCUT2D eigenvalue weighted by Crippen LogP contribution is 2.18. The third-order valence-corrected chi connectivity index (χ3v) is 4.01. The maximum atomic E-state index is 12.1. The average Bonchev–Trinajstić information content (AvgIpc) is 2.83. The zero-order valence-corrected chi connectivity index (χ0v) is 12.2. The minimum atomic E-state index is 0.162. The van der Waals surface area contributed by atoms with E-state index in [0.717, 1.165) is 25.1 Å². The molecule has 1 aliphatic rings. The largest absolute Gasteiger partial charge is 0.377 e. The first-order chi connectivity index (χ1) is 9.08. The number of carbonyl (C=O) groups excluding carboxylic acids is 1. The Kier molecular flexibility index (Phi) is 4.97. The summed E-state index contributed by atoms with van der Waals surface area (Å²) >= 11 is 5.81. The number of nitrogens with zero attached hydrogens (tertiary/aromatic N) is 1. The van der Waals surface area contributed by atoms with E-state index in [1.165, 1.54) is 0 Å². The quantitative estimate of drug-likeness (QED) is 0.777. The van der Waals surface area contributed by atoms with Gasteiger partial charge in [-0.2, -0.15) is 0 Å². The summed E-state index contributed by atoms with van der Waals surface area (Å²) < 4.78 is 5.55. The zero-order chi connectivity index (χ0) is 13.8. The van der Waals surface area contributed by atoms with Gasteiger partial charge in [0.2, 0.25) is 0 Å². The summed E-state index contributed by atoms with van der Waals surface area (Å²) in [7, 11) is 2.06. The number of likely N-dealkylation sites (N-methyl/N-ethyl adjacent to an activating group) is 1. The molecule has 0 radical (unpaired) electrons. The maximum Gasteiger partial charge on any atom is 0.164 e. The van der Waals surface area contributed by atoms with Gasteiger partial charge in [0, 0.05) is 36.2 Å². The molecule has 0 spiro atoms. The Hall–Kier alpha value is -0.900. The molecular formula is C15H20ClNO2. The minimum Gasteiger partial charge on any atom is -0.377 e. The number of ketones is 1. The average molecular weight is 282 g/mol. The fourth-order valence-corrected chi connectivity index (χ4v) is 2.65. The molecule has 0 aliphatic carbocycles. The molecular weight excluding hydrogens is 262 g/mol. The standard InChI is InChI=1S/C15H20ClNO2/c1-11-14(8-10-19-11)17(2)9-7-15(18)12-3-5-13(16)6-4-12/h3-6,11,14H,7-10H2,1-2H3. The van der Waals surface area contributed by atoms with Gasteiger partial charge in [-0.3, -0.25) is 4.79 Å². The van der Waals surface area contributed by atoms with Crippen molar-refractivity contribution in [2.45, 2.75) is 31.9 Å². The van der Waals surface area contributed by atoms with E-state index in [2.05, 4.69) is 18.9 Å². The lowest BCUT2D eigenvalue weighted by Crippen LogP contribution is -2.37. The Morgan fingerprint density at radius 2 is 2.11 bits per heavy atom. The van der Waals surface area contributed by atoms with Crippen LogP contribution in [0.5, 0.6) is 0 Å². The van der Waals surface area contributed by atoms with Crippen LogP contribution < -0.4 is 0 Å². The highest BCUT2D eigenvalue weighted by Gasteiger charge is 2.27. The van der Waals surface area contributed by atoms with Crippen molar-refractivity contribution >= 4 is 17.4 Å². The van der Waals surface area contributed by atoms with Crippen molar-refractivity contribution < 1.29 is 9.53 Å². The lowest BCUT2D eigenvalue weighted by atomic mass is 10.1. The van der Waals surface area contributed by atoms with E-state index in [1.54, 1.807) is 24.3 Å². The van der Waals surface area contributed by atoms with Crippen molar-refractivity contribution in [3.63, 3.8) is 0 Å². The Morgan fingerprint density at radius 3 is 2.68 bits per heavy atom. The molecule has 0 bridgehead atoms. The van der Waals surface area contributed by atoms with Crippen LogP contribution in [0.4, 0.5) is 0 Å². The number of Topliss-reactive ketones (excluding diaryl/α,β-unsaturated/α-hetero) is 1. The second kappa shape index (κ2) is 6.51. The predicted octanol–water partition coefficient (Wildman–Crippen LogP) is 3.02. The van der Waals surface area contributed by atoms with Crippen LogP contribution in [0, 0.1) is 0 Å². The highest BCUT2D eigenvalue weighted by molar-refractivity contribution is 6.30. The van der Waals surface area contributed by atoms with E-state index in [9.17, 15) is 4.79 Å². The number of rotatable bonds is 5. The van der Waals surface area contributed by atoms with Crippen LogP contribution in [0.3, 0.4) is 0 Å². The van der Waals surface area contributed by atoms with Crippen LogP contribution in [0.2, 0.25) is 5.02 Å². The number of hydrogen-bond donors (Lipinski definition) is 0. The fraction of sp³-hybridized carbons (Fsp3) is 0.533. The Labute approximate surface area is 119 Å². The van der Waals surface area contributed by atoms with Crippen LogP contribution >= 0.6 is 11.6 Å². The van der Waals surface area contributed by atoms with Crippen molar-refractivity contribution in [1.82, 2.24) is 4.90 Å². The third kappa shape index (κ3) is 3.78. The van der Waals surface area contributed by atoms with E-state index in [4.69, 9.17) is 16.3 Å². The van der Waals surface area contributed by atoms with E-state index < -0.39 is 0 Å². The van der Waals surface area contributed by atoms with Gasteiger partial charge in [0.25, 0.3) is 0 Å². The summed E-state index contributed by atoms with van der Waals surface area (Å²) in [6.07, 6.45) is 1.84. The maximum absolute atomic E-state index is 12.1. The van der Waals surface area contributed by atoms with Gasteiger partial charge in [-0.15, -0.1) is 0 Å². The molecule has 19 heavy (non-hydrogen) atoms. The van der Waals surface area contributed by atoms with Gasteiger partial charge in [0.15, 0.2) is 5.78 Å². The van der Waals surface area contributed by atoms with E-state index in [0.29, 0.717) is 17.5 Å². The summed E-state index contributed by atoms with van der Waals surface area (Å²) in [6.45, 7) is 3.68. The van der Waals surface area contributed by atoms with Crippen molar-refractivity contribution in [3.8, 4) is 0 Å². The number of benzene rings is 1. The van der Waals surface area contributed by atoms with E-state index in [1.807, 2.05) is 0 Å². The van der Waals surface area contributed by atoms with Gasteiger partial charge in [0.05, 0.1) is 6.10 Å². The van der Waals surface area contributed by atoms with Gasteiger partial charge in [0.1, 0.15) is 0 Å². The van der Waals surface area contributed by atoms with Crippen molar-refractivity contribution in [1.29, 1.82) is 0 Å².